The van der Waals surface area contributed by atoms with Crippen LogP contribution in [0, 0.1) is 0 Å². The van der Waals surface area contributed by atoms with E-state index in [1.54, 1.807) is 6.07 Å². The van der Waals surface area contributed by atoms with Gasteiger partial charge < -0.3 is 4.74 Å². The molecule has 86 valence electrons. The molecule has 2 aromatic rings. The summed E-state index contributed by atoms with van der Waals surface area (Å²) in [4.78, 5) is 14.5. The number of carbonyl (C=O) groups excluding carboxylic acids is 1. The number of pyridine rings is 1. The van der Waals surface area contributed by atoms with Crippen LogP contribution < -0.4 is 4.74 Å². The van der Waals surface area contributed by atoms with E-state index in [1.807, 2.05) is 30.3 Å². The predicted octanol–water partition coefficient (Wildman–Crippen LogP) is 3.13. The molecule has 1 aromatic heterocycles. The van der Waals surface area contributed by atoms with Crippen molar-refractivity contribution < 1.29 is 9.53 Å². The Labute approximate surface area is 104 Å². The first-order valence-electron chi connectivity index (χ1n) is 5.07. The molecule has 0 spiro atoms. The lowest BCUT2D eigenvalue weighted by Gasteiger charge is -2.06. The van der Waals surface area contributed by atoms with Gasteiger partial charge in [-0.25, -0.2) is 4.98 Å². The van der Waals surface area contributed by atoms with Gasteiger partial charge in [-0.1, -0.05) is 41.9 Å². The monoisotopic (exact) mass is 247 g/mol. The smallest absolute Gasteiger partial charge is 0.153 e. The molecule has 0 amide bonds. The Morgan fingerprint density at radius 1 is 1.29 bits per heavy atom. The molecule has 1 aromatic carbocycles. The number of carbonyl (C=O) groups is 1. The normalized spacial score (nSPS) is 9.94. The molecule has 0 aliphatic heterocycles. The van der Waals surface area contributed by atoms with Gasteiger partial charge in [0.05, 0.1) is 11.8 Å². The van der Waals surface area contributed by atoms with Crippen LogP contribution in [0.4, 0.5) is 0 Å². The highest BCUT2D eigenvalue weighted by Gasteiger charge is 2.03. The molecule has 0 aliphatic carbocycles. The zero-order valence-corrected chi connectivity index (χ0v) is 9.72. The molecule has 0 unspecified atom stereocenters. The maximum absolute atomic E-state index is 10.7. The van der Waals surface area contributed by atoms with Gasteiger partial charge in [-0.05, 0) is 11.6 Å². The zero-order valence-electron chi connectivity index (χ0n) is 8.97. The van der Waals surface area contributed by atoms with Crippen molar-refractivity contribution in [2.24, 2.45) is 0 Å². The van der Waals surface area contributed by atoms with Gasteiger partial charge in [-0.2, -0.15) is 0 Å². The summed E-state index contributed by atoms with van der Waals surface area (Å²) in [5, 5.41) is 0.187. The SMILES string of the molecule is O=Cc1cc(OCc2ccccc2)cnc1Cl. The first kappa shape index (κ1) is 11.6. The first-order chi connectivity index (χ1) is 8.29. The van der Waals surface area contributed by atoms with Gasteiger partial charge in [0.15, 0.2) is 6.29 Å². The number of aromatic nitrogens is 1. The van der Waals surface area contributed by atoms with Crippen molar-refractivity contribution in [3.8, 4) is 5.75 Å². The minimum absolute atomic E-state index is 0.187. The summed E-state index contributed by atoms with van der Waals surface area (Å²) in [7, 11) is 0. The molecule has 2 rings (SSSR count). The fourth-order valence-electron chi connectivity index (χ4n) is 1.35. The lowest BCUT2D eigenvalue weighted by atomic mass is 10.2. The van der Waals surface area contributed by atoms with E-state index in [-0.39, 0.29) is 5.15 Å². The lowest BCUT2D eigenvalue weighted by Crippen LogP contribution is -1.97. The average Bonchev–Trinajstić information content (AvgIpc) is 2.39. The van der Waals surface area contributed by atoms with Gasteiger partial charge in [0.2, 0.25) is 0 Å². The standard InChI is InChI=1S/C13H10ClNO2/c14-13-11(8-16)6-12(7-15-13)17-9-10-4-2-1-3-5-10/h1-8H,9H2. The Hall–Kier alpha value is -1.87. The topological polar surface area (TPSA) is 39.2 Å². The van der Waals surface area contributed by atoms with Crippen molar-refractivity contribution in [3.05, 3.63) is 58.9 Å². The largest absolute Gasteiger partial charge is 0.487 e. The first-order valence-corrected chi connectivity index (χ1v) is 5.45. The van der Waals surface area contributed by atoms with Crippen molar-refractivity contribution in [2.75, 3.05) is 0 Å². The van der Waals surface area contributed by atoms with E-state index in [0.717, 1.165) is 5.56 Å². The summed E-state index contributed by atoms with van der Waals surface area (Å²) in [5.74, 6) is 0.528. The quantitative estimate of drug-likeness (QED) is 0.616. The highest BCUT2D eigenvalue weighted by atomic mass is 35.5. The molecule has 3 nitrogen and oxygen atoms in total. The highest BCUT2D eigenvalue weighted by Crippen LogP contribution is 2.18. The molecule has 0 N–H and O–H groups in total. The van der Waals surface area contributed by atoms with E-state index < -0.39 is 0 Å². The molecule has 0 radical (unpaired) electrons. The van der Waals surface area contributed by atoms with Gasteiger partial charge in [0.1, 0.15) is 17.5 Å². The van der Waals surface area contributed by atoms with Crippen molar-refractivity contribution in [1.29, 1.82) is 0 Å². The van der Waals surface area contributed by atoms with E-state index >= 15 is 0 Å². The van der Waals surface area contributed by atoms with Crippen molar-refractivity contribution >= 4 is 17.9 Å². The predicted molar refractivity (Wildman–Crippen MR) is 65.4 cm³/mol. The Morgan fingerprint density at radius 2 is 2.06 bits per heavy atom. The van der Waals surface area contributed by atoms with Gasteiger partial charge in [-0.15, -0.1) is 0 Å². The van der Waals surface area contributed by atoms with Gasteiger partial charge >= 0.3 is 0 Å². The van der Waals surface area contributed by atoms with Gasteiger partial charge in [0, 0.05) is 0 Å². The van der Waals surface area contributed by atoms with Crippen LogP contribution in [0.15, 0.2) is 42.6 Å². The zero-order chi connectivity index (χ0) is 12.1. The second-order valence-electron chi connectivity index (χ2n) is 3.44. The number of nitrogens with zero attached hydrogens (tertiary/aromatic N) is 1. The van der Waals surface area contributed by atoms with Gasteiger partial charge in [-0.3, -0.25) is 4.79 Å². The number of aldehydes is 1. The van der Waals surface area contributed by atoms with Crippen LogP contribution in [0.1, 0.15) is 15.9 Å². The van der Waals surface area contributed by atoms with Crippen LogP contribution in [0.5, 0.6) is 5.75 Å². The number of ether oxygens (including phenoxy) is 1. The molecule has 0 fully saturated rings. The maximum atomic E-state index is 10.7. The summed E-state index contributed by atoms with van der Waals surface area (Å²) in [6, 6.07) is 11.3. The Kier molecular flexibility index (Phi) is 3.73. The van der Waals surface area contributed by atoms with Crippen molar-refractivity contribution in [1.82, 2.24) is 4.98 Å². The van der Waals surface area contributed by atoms with Gasteiger partial charge in [0.25, 0.3) is 0 Å². The van der Waals surface area contributed by atoms with Crippen LogP contribution in [0.25, 0.3) is 0 Å². The van der Waals surface area contributed by atoms with E-state index in [0.29, 0.717) is 24.2 Å². The van der Waals surface area contributed by atoms with Crippen LogP contribution in [-0.4, -0.2) is 11.3 Å². The summed E-state index contributed by atoms with van der Waals surface area (Å²) >= 11 is 5.72. The molecule has 4 heteroatoms. The fraction of sp³-hybridized carbons (Fsp3) is 0.0769. The summed E-state index contributed by atoms with van der Waals surface area (Å²) < 4.78 is 5.51. The van der Waals surface area contributed by atoms with Crippen LogP contribution in [-0.2, 0) is 6.61 Å². The van der Waals surface area contributed by atoms with Crippen molar-refractivity contribution in [3.63, 3.8) is 0 Å². The summed E-state index contributed by atoms with van der Waals surface area (Å²) in [5.41, 5.74) is 1.38. The fourth-order valence-corrected chi connectivity index (χ4v) is 1.50. The third kappa shape index (κ3) is 3.04. The average molecular weight is 248 g/mol. The highest BCUT2D eigenvalue weighted by molar-refractivity contribution is 6.31. The summed E-state index contributed by atoms with van der Waals surface area (Å²) in [6.45, 7) is 0.433. The van der Waals surface area contributed by atoms with E-state index in [9.17, 15) is 4.79 Å². The van der Waals surface area contributed by atoms with Crippen LogP contribution in [0.2, 0.25) is 5.15 Å². The molecule has 1 heterocycles. The minimum atomic E-state index is 0.187. The van der Waals surface area contributed by atoms with E-state index in [4.69, 9.17) is 16.3 Å². The van der Waals surface area contributed by atoms with Crippen molar-refractivity contribution in [2.45, 2.75) is 6.61 Å². The Balaban J connectivity index is 2.07. The molecular weight excluding hydrogens is 238 g/mol. The van der Waals surface area contributed by atoms with E-state index in [2.05, 4.69) is 4.98 Å². The van der Waals surface area contributed by atoms with Crippen LogP contribution >= 0.6 is 11.6 Å². The minimum Gasteiger partial charge on any atom is -0.487 e. The molecule has 0 saturated carbocycles. The second-order valence-corrected chi connectivity index (χ2v) is 3.80. The number of halogens is 1. The Morgan fingerprint density at radius 3 is 2.76 bits per heavy atom. The maximum Gasteiger partial charge on any atom is 0.153 e. The number of rotatable bonds is 4. The Bertz CT molecular complexity index is 514. The molecular formula is C13H10ClNO2. The molecule has 0 atom stereocenters. The molecule has 0 saturated heterocycles. The number of hydrogen-bond donors (Lipinski definition) is 0. The molecule has 17 heavy (non-hydrogen) atoms. The lowest BCUT2D eigenvalue weighted by molar-refractivity contribution is 0.112. The third-order valence-electron chi connectivity index (χ3n) is 2.22. The summed E-state index contributed by atoms with van der Waals surface area (Å²) in [6.07, 6.45) is 2.16. The molecule has 0 aliphatic rings. The second kappa shape index (κ2) is 5.46. The molecule has 0 bridgehead atoms. The number of benzene rings is 1. The van der Waals surface area contributed by atoms with Crippen LogP contribution in [0.3, 0.4) is 0 Å². The third-order valence-corrected chi connectivity index (χ3v) is 2.53. The van der Waals surface area contributed by atoms with E-state index in [1.165, 1.54) is 6.20 Å². The number of hydrogen-bond acceptors (Lipinski definition) is 3.